The summed E-state index contributed by atoms with van der Waals surface area (Å²) in [6.07, 6.45) is 2.55. The molecule has 0 N–H and O–H groups in total. The quantitative estimate of drug-likeness (QED) is 0.744. The topological polar surface area (TPSA) is 36.9 Å². The van der Waals surface area contributed by atoms with Gasteiger partial charge in [0.25, 0.3) is 0 Å². The Morgan fingerprint density at radius 2 is 1.76 bits per heavy atom. The number of hydrogen-bond acceptors (Lipinski definition) is 4. The van der Waals surface area contributed by atoms with Crippen LogP contribution >= 0.6 is 0 Å². The van der Waals surface area contributed by atoms with Crippen LogP contribution in [0.2, 0.25) is 0 Å². The van der Waals surface area contributed by atoms with Crippen molar-refractivity contribution in [3.05, 3.63) is 0 Å². The standard InChI is InChI=1S/C13H24O4/c1-8-11-9(17-13(2,3)16-8)6-7-10(14-4)12(11)15-5/h8-12H,6-7H2,1-5H3/t8-,9-,10+,11+,12+/m0/s1. The van der Waals surface area contributed by atoms with Gasteiger partial charge in [0.2, 0.25) is 0 Å². The van der Waals surface area contributed by atoms with Gasteiger partial charge in [0, 0.05) is 20.1 Å². The highest BCUT2D eigenvalue weighted by molar-refractivity contribution is 4.96. The molecule has 0 bridgehead atoms. The van der Waals surface area contributed by atoms with Crippen LogP contribution in [0.15, 0.2) is 0 Å². The molecule has 4 nitrogen and oxygen atoms in total. The minimum Gasteiger partial charge on any atom is -0.379 e. The predicted octanol–water partition coefficient (Wildman–Crippen LogP) is 1.97. The molecule has 1 aliphatic heterocycles. The summed E-state index contributed by atoms with van der Waals surface area (Å²) in [6, 6.07) is 0. The molecule has 0 aromatic heterocycles. The summed E-state index contributed by atoms with van der Waals surface area (Å²) < 4.78 is 23.1. The van der Waals surface area contributed by atoms with Crippen molar-refractivity contribution in [1.82, 2.24) is 0 Å². The van der Waals surface area contributed by atoms with Crippen LogP contribution in [-0.4, -0.2) is 44.4 Å². The van der Waals surface area contributed by atoms with Gasteiger partial charge in [0.05, 0.1) is 24.4 Å². The van der Waals surface area contributed by atoms with Gasteiger partial charge in [0.1, 0.15) is 0 Å². The van der Waals surface area contributed by atoms with Crippen molar-refractivity contribution in [2.75, 3.05) is 14.2 Å². The first kappa shape index (κ1) is 13.3. The molecule has 1 saturated carbocycles. The number of methoxy groups -OCH3 is 2. The molecule has 100 valence electrons. The summed E-state index contributed by atoms with van der Waals surface area (Å²) >= 11 is 0. The number of rotatable bonds is 2. The third kappa shape index (κ3) is 2.50. The lowest BCUT2D eigenvalue weighted by molar-refractivity contribution is -0.341. The van der Waals surface area contributed by atoms with Gasteiger partial charge in [0.15, 0.2) is 5.79 Å². The molecule has 0 unspecified atom stereocenters. The first-order chi connectivity index (χ1) is 7.98. The molecule has 2 rings (SSSR count). The second-order valence-electron chi connectivity index (χ2n) is 5.51. The summed E-state index contributed by atoms with van der Waals surface area (Å²) in [5, 5.41) is 0. The Hall–Kier alpha value is -0.160. The fourth-order valence-electron chi connectivity index (χ4n) is 3.33. The van der Waals surface area contributed by atoms with E-state index in [1.165, 1.54) is 0 Å². The SMILES string of the molecule is CO[C@H]1[C@@H]2[C@H](C)OC(C)(C)O[C@H]2CC[C@H]1OC. The lowest BCUT2D eigenvalue weighted by Crippen LogP contribution is -2.59. The first-order valence-corrected chi connectivity index (χ1v) is 6.39. The minimum atomic E-state index is -0.487. The highest BCUT2D eigenvalue weighted by atomic mass is 16.7. The van der Waals surface area contributed by atoms with Crippen molar-refractivity contribution in [3.63, 3.8) is 0 Å². The van der Waals surface area contributed by atoms with Crippen LogP contribution in [-0.2, 0) is 18.9 Å². The Balaban J connectivity index is 2.17. The van der Waals surface area contributed by atoms with Crippen LogP contribution in [0, 0.1) is 5.92 Å². The van der Waals surface area contributed by atoms with Gasteiger partial charge in [-0.25, -0.2) is 0 Å². The smallest absolute Gasteiger partial charge is 0.163 e. The molecule has 5 atom stereocenters. The molecule has 1 saturated heterocycles. The molecule has 2 fully saturated rings. The second kappa shape index (κ2) is 4.84. The van der Waals surface area contributed by atoms with Crippen molar-refractivity contribution >= 4 is 0 Å². The fraction of sp³-hybridized carbons (Fsp3) is 1.00. The maximum absolute atomic E-state index is 6.02. The van der Waals surface area contributed by atoms with Crippen molar-refractivity contribution in [3.8, 4) is 0 Å². The molecule has 0 radical (unpaired) electrons. The Labute approximate surface area is 104 Å². The molecule has 1 heterocycles. The molecule has 2 aliphatic rings. The Kier molecular flexibility index (Phi) is 3.78. The summed E-state index contributed by atoms with van der Waals surface area (Å²) in [6.45, 7) is 6.06. The van der Waals surface area contributed by atoms with Gasteiger partial charge in [-0.05, 0) is 33.6 Å². The lowest BCUT2D eigenvalue weighted by atomic mass is 9.78. The number of ether oxygens (including phenoxy) is 4. The molecule has 0 spiro atoms. The normalized spacial score (nSPS) is 45.4. The van der Waals surface area contributed by atoms with Crippen molar-refractivity contribution in [2.24, 2.45) is 5.92 Å². The predicted molar refractivity (Wildman–Crippen MR) is 63.8 cm³/mol. The van der Waals surface area contributed by atoms with Crippen molar-refractivity contribution in [2.45, 2.75) is 63.8 Å². The summed E-state index contributed by atoms with van der Waals surface area (Å²) in [7, 11) is 3.49. The highest BCUT2D eigenvalue weighted by Gasteiger charge is 2.49. The van der Waals surface area contributed by atoms with E-state index >= 15 is 0 Å². The van der Waals surface area contributed by atoms with Gasteiger partial charge in [-0.2, -0.15) is 0 Å². The van der Waals surface area contributed by atoms with E-state index in [0.29, 0.717) is 0 Å². The van der Waals surface area contributed by atoms with Crippen LogP contribution in [0.4, 0.5) is 0 Å². The van der Waals surface area contributed by atoms with Gasteiger partial charge < -0.3 is 18.9 Å². The third-order valence-corrected chi connectivity index (χ3v) is 3.93. The number of fused-ring (bicyclic) bond motifs is 1. The van der Waals surface area contributed by atoms with E-state index in [-0.39, 0.29) is 30.3 Å². The van der Waals surface area contributed by atoms with Gasteiger partial charge in [-0.1, -0.05) is 0 Å². The molecule has 1 aliphatic carbocycles. The third-order valence-electron chi connectivity index (χ3n) is 3.93. The zero-order chi connectivity index (χ0) is 12.6. The summed E-state index contributed by atoms with van der Waals surface area (Å²) in [4.78, 5) is 0. The fourth-order valence-corrected chi connectivity index (χ4v) is 3.33. The Morgan fingerprint density at radius 3 is 2.35 bits per heavy atom. The zero-order valence-electron chi connectivity index (χ0n) is 11.4. The van der Waals surface area contributed by atoms with Crippen molar-refractivity contribution < 1.29 is 18.9 Å². The molecule has 0 aromatic rings. The lowest BCUT2D eigenvalue weighted by Gasteiger charge is -2.51. The maximum atomic E-state index is 6.02. The van der Waals surface area contributed by atoms with E-state index in [2.05, 4.69) is 6.92 Å². The summed E-state index contributed by atoms with van der Waals surface area (Å²) in [5.41, 5.74) is 0. The monoisotopic (exact) mass is 244 g/mol. The molecule has 17 heavy (non-hydrogen) atoms. The largest absolute Gasteiger partial charge is 0.379 e. The average Bonchev–Trinajstić information content (AvgIpc) is 2.25. The Morgan fingerprint density at radius 1 is 1.06 bits per heavy atom. The minimum absolute atomic E-state index is 0.0600. The van der Waals surface area contributed by atoms with Crippen LogP contribution in [0.5, 0.6) is 0 Å². The van der Waals surface area contributed by atoms with Gasteiger partial charge in [-0.3, -0.25) is 0 Å². The van der Waals surface area contributed by atoms with E-state index in [4.69, 9.17) is 18.9 Å². The van der Waals surface area contributed by atoms with Crippen LogP contribution in [0.25, 0.3) is 0 Å². The average molecular weight is 244 g/mol. The molecule has 0 amide bonds. The maximum Gasteiger partial charge on any atom is 0.163 e. The molecule has 0 aromatic carbocycles. The molecular formula is C13H24O4. The van der Waals surface area contributed by atoms with Gasteiger partial charge in [-0.15, -0.1) is 0 Å². The van der Waals surface area contributed by atoms with Crippen LogP contribution in [0.3, 0.4) is 0 Å². The molecular weight excluding hydrogens is 220 g/mol. The van der Waals surface area contributed by atoms with E-state index in [1.807, 2.05) is 13.8 Å². The van der Waals surface area contributed by atoms with E-state index in [1.54, 1.807) is 14.2 Å². The van der Waals surface area contributed by atoms with Crippen LogP contribution in [0.1, 0.15) is 33.6 Å². The highest BCUT2D eigenvalue weighted by Crippen LogP contribution is 2.41. The van der Waals surface area contributed by atoms with Crippen LogP contribution < -0.4 is 0 Å². The zero-order valence-corrected chi connectivity index (χ0v) is 11.4. The first-order valence-electron chi connectivity index (χ1n) is 6.39. The molecule has 4 heteroatoms. The Bertz CT molecular complexity index is 266. The summed E-state index contributed by atoms with van der Waals surface area (Å²) in [5.74, 6) is -0.231. The van der Waals surface area contributed by atoms with Crippen molar-refractivity contribution in [1.29, 1.82) is 0 Å². The van der Waals surface area contributed by atoms with E-state index in [0.717, 1.165) is 12.8 Å². The number of hydrogen-bond donors (Lipinski definition) is 0. The van der Waals surface area contributed by atoms with E-state index < -0.39 is 5.79 Å². The van der Waals surface area contributed by atoms with E-state index in [9.17, 15) is 0 Å². The second-order valence-corrected chi connectivity index (χ2v) is 5.51. The van der Waals surface area contributed by atoms with Gasteiger partial charge >= 0.3 is 0 Å².